The van der Waals surface area contributed by atoms with Crippen molar-refractivity contribution >= 4 is 11.8 Å². The van der Waals surface area contributed by atoms with Gasteiger partial charge in [-0.05, 0) is 29.5 Å². The normalized spacial score (nSPS) is 10.1. The number of allylic oxidation sites excluding steroid dienone is 1. The van der Waals surface area contributed by atoms with Crippen LogP contribution in [0.1, 0.15) is 12.5 Å². The third-order valence-corrected chi connectivity index (χ3v) is 2.72. The lowest BCUT2D eigenvalue weighted by molar-refractivity contribution is 0.359. The van der Waals surface area contributed by atoms with Crippen molar-refractivity contribution in [2.45, 2.75) is 12.7 Å². The van der Waals surface area contributed by atoms with E-state index in [2.05, 4.69) is 11.3 Å². The fourth-order valence-corrected chi connectivity index (χ4v) is 1.68. The van der Waals surface area contributed by atoms with E-state index in [4.69, 9.17) is 0 Å². The Hall–Kier alpha value is -1.03. The highest BCUT2D eigenvalue weighted by molar-refractivity contribution is 8.02. The molecule has 0 spiro atoms. The Balaban J connectivity index is 2.88. The molecule has 0 aliphatic carbocycles. The largest absolute Gasteiger partial charge is 0.491 e. The monoisotopic (exact) mass is 230 g/mol. The van der Waals surface area contributed by atoms with Gasteiger partial charge in [-0.2, -0.15) is 0 Å². The van der Waals surface area contributed by atoms with Crippen LogP contribution < -0.4 is 4.74 Å². The van der Waals surface area contributed by atoms with Gasteiger partial charge < -0.3 is 4.74 Å². The van der Waals surface area contributed by atoms with E-state index in [1.807, 2.05) is 6.92 Å². The molecule has 15 heavy (non-hydrogen) atoms. The molecule has 1 aromatic carbocycles. The zero-order chi connectivity index (χ0) is 11.4. The summed E-state index contributed by atoms with van der Waals surface area (Å²) in [5, 5.41) is 0. The lowest BCUT2D eigenvalue weighted by atomic mass is 10.2. The fourth-order valence-electron chi connectivity index (χ4n) is 1.10. The fraction of sp³-hybridized carbons (Fsp3) is 0.273. The van der Waals surface area contributed by atoms with Crippen LogP contribution in [0, 0.1) is 11.6 Å². The van der Waals surface area contributed by atoms with Gasteiger partial charge in [0.1, 0.15) is 0 Å². The van der Waals surface area contributed by atoms with Crippen LogP contribution in [-0.2, 0) is 5.75 Å². The van der Waals surface area contributed by atoms with Gasteiger partial charge in [0.2, 0.25) is 0 Å². The van der Waals surface area contributed by atoms with Crippen molar-refractivity contribution in [1.29, 1.82) is 0 Å². The average molecular weight is 230 g/mol. The Labute approximate surface area is 92.1 Å². The van der Waals surface area contributed by atoms with Crippen molar-refractivity contribution in [2.24, 2.45) is 0 Å². The van der Waals surface area contributed by atoms with E-state index in [9.17, 15) is 8.78 Å². The molecule has 0 saturated heterocycles. The van der Waals surface area contributed by atoms with Crippen LogP contribution in [0.25, 0.3) is 0 Å². The third-order valence-electron chi connectivity index (χ3n) is 1.75. The van der Waals surface area contributed by atoms with Gasteiger partial charge in [0.25, 0.3) is 0 Å². The summed E-state index contributed by atoms with van der Waals surface area (Å²) < 4.78 is 31.1. The predicted octanol–water partition coefficient (Wildman–Crippen LogP) is 3.74. The molecule has 0 bridgehead atoms. The Morgan fingerprint density at radius 3 is 2.33 bits per heavy atom. The van der Waals surface area contributed by atoms with Crippen LogP contribution in [0.15, 0.2) is 23.6 Å². The Morgan fingerprint density at radius 2 is 1.93 bits per heavy atom. The second-order valence-corrected chi connectivity index (χ2v) is 4.36. The predicted molar refractivity (Wildman–Crippen MR) is 59.0 cm³/mol. The first kappa shape index (κ1) is 12.0. The summed E-state index contributed by atoms with van der Waals surface area (Å²) in [5.41, 5.74) is 0.582. The van der Waals surface area contributed by atoms with Gasteiger partial charge in [-0.15, -0.1) is 11.8 Å². The van der Waals surface area contributed by atoms with Crippen molar-refractivity contribution in [3.05, 3.63) is 40.8 Å². The standard InChI is InChI=1S/C11H12F2OS/c1-7(2)15-6-8-4-9(12)11(14-3)10(13)5-8/h4-5H,1,6H2,2-3H3. The number of rotatable bonds is 4. The molecule has 0 aliphatic heterocycles. The van der Waals surface area contributed by atoms with Crippen molar-refractivity contribution in [1.82, 2.24) is 0 Å². The quantitative estimate of drug-likeness (QED) is 0.779. The maximum absolute atomic E-state index is 13.2. The van der Waals surface area contributed by atoms with E-state index in [1.165, 1.54) is 31.0 Å². The van der Waals surface area contributed by atoms with Gasteiger partial charge in [-0.3, -0.25) is 0 Å². The van der Waals surface area contributed by atoms with Crippen molar-refractivity contribution in [2.75, 3.05) is 7.11 Å². The summed E-state index contributed by atoms with van der Waals surface area (Å²) in [5.74, 6) is -1.17. The first-order chi connectivity index (χ1) is 7.04. The van der Waals surface area contributed by atoms with E-state index in [0.29, 0.717) is 11.3 Å². The molecular formula is C11H12F2OS. The van der Waals surface area contributed by atoms with Crippen LogP contribution in [0.2, 0.25) is 0 Å². The number of ether oxygens (including phenoxy) is 1. The molecule has 0 heterocycles. The molecule has 0 aromatic heterocycles. The molecule has 0 aliphatic rings. The lowest BCUT2D eigenvalue weighted by Crippen LogP contribution is -1.94. The van der Waals surface area contributed by atoms with Gasteiger partial charge in [-0.25, -0.2) is 8.78 Å². The Morgan fingerprint density at radius 1 is 1.40 bits per heavy atom. The van der Waals surface area contributed by atoms with E-state index < -0.39 is 11.6 Å². The summed E-state index contributed by atoms with van der Waals surface area (Å²) in [6, 6.07) is 2.55. The number of benzene rings is 1. The zero-order valence-electron chi connectivity index (χ0n) is 8.64. The number of hydrogen-bond donors (Lipinski definition) is 0. The highest BCUT2D eigenvalue weighted by Crippen LogP contribution is 2.26. The second-order valence-electron chi connectivity index (χ2n) is 3.08. The van der Waals surface area contributed by atoms with Gasteiger partial charge in [0, 0.05) is 5.75 Å². The van der Waals surface area contributed by atoms with Crippen LogP contribution in [0.5, 0.6) is 5.75 Å². The van der Waals surface area contributed by atoms with E-state index in [-0.39, 0.29) is 5.75 Å². The topological polar surface area (TPSA) is 9.23 Å². The molecule has 0 N–H and O–H groups in total. The van der Waals surface area contributed by atoms with E-state index >= 15 is 0 Å². The maximum atomic E-state index is 13.2. The van der Waals surface area contributed by atoms with Crippen LogP contribution in [0.3, 0.4) is 0 Å². The van der Waals surface area contributed by atoms with Crippen LogP contribution in [-0.4, -0.2) is 7.11 Å². The molecule has 0 amide bonds. The van der Waals surface area contributed by atoms with E-state index in [0.717, 1.165) is 4.91 Å². The molecule has 82 valence electrons. The number of methoxy groups -OCH3 is 1. The minimum Gasteiger partial charge on any atom is -0.491 e. The van der Waals surface area contributed by atoms with Crippen molar-refractivity contribution < 1.29 is 13.5 Å². The zero-order valence-corrected chi connectivity index (χ0v) is 9.46. The Bertz CT molecular complexity index is 354. The van der Waals surface area contributed by atoms with Crippen LogP contribution in [0.4, 0.5) is 8.78 Å². The molecule has 0 atom stereocenters. The summed E-state index contributed by atoms with van der Waals surface area (Å²) in [6.07, 6.45) is 0. The Kier molecular flexibility index (Phi) is 4.15. The molecule has 0 saturated carbocycles. The van der Waals surface area contributed by atoms with Gasteiger partial charge in [0.15, 0.2) is 17.4 Å². The number of thioether (sulfide) groups is 1. The molecule has 1 nitrogen and oxygen atoms in total. The molecule has 1 rings (SSSR count). The first-order valence-corrected chi connectivity index (χ1v) is 5.33. The second kappa shape index (κ2) is 5.16. The van der Waals surface area contributed by atoms with Gasteiger partial charge in [-0.1, -0.05) is 6.58 Å². The smallest absolute Gasteiger partial charge is 0.190 e. The lowest BCUT2D eigenvalue weighted by Gasteiger charge is -2.06. The minimum absolute atomic E-state index is 0.334. The van der Waals surface area contributed by atoms with Crippen LogP contribution >= 0.6 is 11.8 Å². The molecular weight excluding hydrogens is 218 g/mol. The number of halogens is 2. The molecule has 1 aromatic rings. The molecule has 0 unspecified atom stereocenters. The summed E-state index contributed by atoms with van der Waals surface area (Å²) >= 11 is 1.45. The van der Waals surface area contributed by atoms with Gasteiger partial charge in [0.05, 0.1) is 7.11 Å². The number of hydrogen-bond acceptors (Lipinski definition) is 2. The molecule has 0 fully saturated rings. The third kappa shape index (κ3) is 3.23. The minimum atomic E-state index is -0.671. The first-order valence-electron chi connectivity index (χ1n) is 4.34. The maximum Gasteiger partial charge on any atom is 0.190 e. The average Bonchev–Trinajstić information content (AvgIpc) is 2.14. The van der Waals surface area contributed by atoms with E-state index in [1.54, 1.807) is 0 Å². The van der Waals surface area contributed by atoms with Crippen molar-refractivity contribution in [3.63, 3.8) is 0 Å². The molecule has 4 heteroatoms. The summed E-state index contributed by atoms with van der Waals surface area (Å²) in [7, 11) is 1.24. The summed E-state index contributed by atoms with van der Waals surface area (Å²) in [4.78, 5) is 0.909. The highest BCUT2D eigenvalue weighted by atomic mass is 32.2. The SMILES string of the molecule is C=C(C)SCc1cc(F)c(OC)c(F)c1. The van der Waals surface area contributed by atoms with Crippen molar-refractivity contribution in [3.8, 4) is 5.75 Å². The molecule has 0 radical (unpaired) electrons. The highest BCUT2D eigenvalue weighted by Gasteiger charge is 2.11. The van der Waals surface area contributed by atoms with Gasteiger partial charge >= 0.3 is 0 Å². The summed E-state index contributed by atoms with van der Waals surface area (Å²) in [6.45, 7) is 5.55.